The third-order valence-corrected chi connectivity index (χ3v) is 5.80. The summed E-state index contributed by atoms with van der Waals surface area (Å²) in [5.41, 5.74) is 4.93. The summed E-state index contributed by atoms with van der Waals surface area (Å²) in [6.07, 6.45) is 5.51. The van der Waals surface area contributed by atoms with Gasteiger partial charge in [0.2, 0.25) is 11.8 Å². The number of rotatable bonds is 8. The molecule has 5 aromatic rings. The highest BCUT2D eigenvalue weighted by Crippen LogP contribution is 2.26. The number of benzene rings is 2. The Hall–Kier alpha value is -4.65. The Labute approximate surface area is 209 Å². The predicted molar refractivity (Wildman–Crippen MR) is 136 cm³/mol. The van der Waals surface area contributed by atoms with E-state index in [0.717, 1.165) is 27.9 Å². The van der Waals surface area contributed by atoms with Gasteiger partial charge in [-0.1, -0.05) is 54.6 Å². The molecule has 3 aromatic heterocycles. The van der Waals surface area contributed by atoms with Gasteiger partial charge in [0.15, 0.2) is 0 Å². The fraction of sp³-hybridized carbons (Fsp3) is 0.138. The van der Waals surface area contributed by atoms with Gasteiger partial charge < -0.3 is 18.5 Å². The first kappa shape index (κ1) is 23.1. The third-order valence-electron chi connectivity index (χ3n) is 5.80. The lowest BCUT2D eigenvalue weighted by atomic mass is 10.1. The Morgan fingerprint density at radius 1 is 0.944 bits per heavy atom. The van der Waals surface area contributed by atoms with E-state index < -0.39 is 0 Å². The fourth-order valence-electron chi connectivity index (χ4n) is 3.93. The van der Waals surface area contributed by atoms with Crippen LogP contribution < -0.4 is 4.74 Å². The van der Waals surface area contributed by atoms with Gasteiger partial charge in [-0.05, 0) is 30.2 Å². The third kappa shape index (κ3) is 5.05. The molecule has 0 atom stereocenters. The molecule has 36 heavy (non-hydrogen) atoms. The quantitative estimate of drug-likeness (QED) is 0.257. The largest absolute Gasteiger partial charge is 0.471 e. The summed E-state index contributed by atoms with van der Waals surface area (Å²) in [6.45, 7) is 2.68. The summed E-state index contributed by atoms with van der Waals surface area (Å²) in [7, 11) is 1.39. The predicted octanol–water partition coefficient (Wildman–Crippen LogP) is 5.93. The highest BCUT2D eigenvalue weighted by Gasteiger charge is 2.17. The minimum Gasteiger partial charge on any atom is -0.471 e. The van der Waals surface area contributed by atoms with Crippen LogP contribution in [0.2, 0.25) is 0 Å². The van der Waals surface area contributed by atoms with Gasteiger partial charge in [-0.3, -0.25) is 0 Å². The first-order valence-corrected chi connectivity index (χ1v) is 11.5. The maximum atomic E-state index is 12.3. The zero-order valence-corrected chi connectivity index (χ0v) is 20.0. The van der Waals surface area contributed by atoms with Gasteiger partial charge in [0.1, 0.15) is 18.1 Å². The van der Waals surface area contributed by atoms with Crippen molar-refractivity contribution >= 4 is 5.97 Å². The first-order chi connectivity index (χ1) is 17.6. The van der Waals surface area contributed by atoms with Crippen molar-refractivity contribution in [3.05, 3.63) is 114 Å². The molecule has 0 aliphatic carbocycles. The molecule has 0 saturated heterocycles. The molecule has 180 valence electrons. The number of methoxy groups -OCH3 is 1. The number of hydrogen-bond acceptors (Lipinski definition) is 6. The van der Waals surface area contributed by atoms with E-state index in [4.69, 9.17) is 13.9 Å². The van der Waals surface area contributed by atoms with E-state index in [1.54, 1.807) is 12.4 Å². The molecular formula is C29H25N3O4. The van der Waals surface area contributed by atoms with Gasteiger partial charge in [0.05, 0.1) is 12.7 Å². The number of hydrogen-bond donors (Lipinski definition) is 0. The van der Waals surface area contributed by atoms with Crippen molar-refractivity contribution in [2.45, 2.75) is 20.1 Å². The highest BCUT2D eigenvalue weighted by atomic mass is 16.5. The summed E-state index contributed by atoms with van der Waals surface area (Å²) in [6, 6.07) is 23.3. The van der Waals surface area contributed by atoms with Crippen molar-refractivity contribution in [1.82, 2.24) is 14.5 Å². The summed E-state index contributed by atoms with van der Waals surface area (Å²) in [5.74, 6) is 1.42. The van der Waals surface area contributed by atoms with Crippen molar-refractivity contribution in [3.8, 4) is 28.5 Å². The smallest absolute Gasteiger partial charge is 0.340 e. The van der Waals surface area contributed by atoms with Crippen molar-refractivity contribution in [3.63, 3.8) is 0 Å². The Balaban J connectivity index is 1.26. The van der Waals surface area contributed by atoms with Crippen LogP contribution in [-0.4, -0.2) is 27.6 Å². The minimum atomic E-state index is -0.368. The maximum absolute atomic E-state index is 12.3. The molecule has 0 radical (unpaired) electrons. The number of esters is 1. The molecule has 0 unspecified atom stereocenters. The summed E-state index contributed by atoms with van der Waals surface area (Å²) in [4.78, 5) is 21.3. The van der Waals surface area contributed by atoms with Crippen molar-refractivity contribution < 1.29 is 18.7 Å². The molecule has 0 fully saturated rings. The molecule has 7 nitrogen and oxygen atoms in total. The second kappa shape index (κ2) is 10.3. The summed E-state index contributed by atoms with van der Waals surface area (Å²) >= 11 is 0. The van der Waals surface area contributed by atoms with Crippen LogP contribution in [-0.2, 0) is 17.9 Å². The van der Waals surface area contributed by atoms with E-state index >= 15 is 0 Å². The van der Waals surface area contributed by atoms with Gasteiger partial charge >= 0.3 is 5.97 Å². The molecule has 0 aliphatic rings. The van der Waals surface area contributed by atoms with E-state index in [9.17, 15) is 4.79 Å². The molecule has 0 spiro atoms. The molecule has 7 heteroatoms. The number of aromatic nitrogens is 3. The molecule has 0 amide bonds. The SMILES string of the molecule is COC(=O)c1cn(Cc2ccc(OCc3nc(-c4ccccc4)oc3C)nc2)cc1-c1ccccc1. The van der Waals surface area contributed by atoms with Crippen LogP contribution in [0.4, 0.5) is 0 Å². The number of nitrogens with zero attached hydrogens (tertiary/aromatic N) is 3. The minimum absolute atomic E-state index is 0.259. The van der Waals surface area contributed by atoms with E-state index in [-0.39, 0.29) is 12.6 Å². The Morgan fingerprint density at radius 2 is 1.67 bits per heavy atom. The molecule has 0 N–H and O–H groups in total. The molecule has 3 heterocycles. The van der Waals surface area contributed by atoms with Gasteiger partial charge in [-0.15, -0.1) is 0 Å². The van der Waals surface area contributed by atoms with E-state index in [1.165, 1.54) is 7.11 Å². The lowest BCUT2D eigenvalue weighted by molar-refractivity contribution is 0.0601. The van der Waals surface area contributed by atoms with Crippen molar-refractivity contribution in [1.29, 1.82) is 0 Å². The maximum Gasteiger partial charge on any atom is 0.340 e. The molecule has 0 aliphatic heterocycles. The number of carbonyl (C=O) groups is 1. The van der Waals surface area contributed by atoms with Crippen LogP contribution in [0.25, 0.3) is 22.6 Å². The van der Waals surface area contributed by atoms with Crippen LogP contribution in [0.15, 0.2) is 95.8 Å². The second-order valence-corrected chi connectivity index (χ2v) is 8.30. The summed E-state index contributed by atoms with van der Waals surface area (Å²) in [5, 5.41) is 0. The number of pyridine rings is 1. The number of aryl methyl sites for hydroxylation is 1. The van der Waals surface area contributed by atoms with Gasteiger partial charge in [-0.2, -0.15) is 0 Å². The zero-order chi connectivity index (χ0) is 24.9. The molecule has 0 bridgehead atoms. The average Bonchev–Trinajstić information content (AvgIpc) is 3.52. The Bertz CT molecular complexity index is 1460. The van der Waals surface area contributed by atoms with Crippen LogP contribution in [0.1, 0.15) is 27.4 Å². The lowest BCUT2D eigenvalue weighted by Gasteiger charge is -2.06. The lowest BCUT2D eigenvalue weighted by Crippen LogP contribution is -2.02. The molecule has 5 rings (SSSR count). The van der Waals surface area contributed by atoms with Crippen molar-refractivity contribution in [2.24, 2.45) is 0 Å². The zero-order valence-electron chi connectivity index (χ0n) is 20.0. The molecule has 0 saturated carbocycles. The Kier molecular flexibility index (Phi) is 6.62. The Morgan fingerprint density at radius 3 is 2.33 bits per heavy atom. The van der Waals surface area contributed by atoms with Gasteiger partial charge in [0.25, 0.3) is 0 Å². The molecular weight excluding hydrogens is 454 g/mol. The summed E-state index contributed by atoms with van der Waals surface area (Å²) < 4.78 is 18.6. The number of carbonyl (C=O) groups excluding carboxylic acids is 1. The first-order valence-electron chi connectivity index (χ1n) is 11.5. The average molecular weight is 480 g/mol. The standard InChI is InChI=1S/C29H25N3O4/c1-20-26(31-28(36-20)23-11-7-4-8-12-23)19-35-27-14-13-21(15-30-27)16-32-17-24(22-9-5-3-6-10-22)25(18-32)29(33)34-2/h3-15,17-18H,16,19H2,1-2H3. The van der Waals surface area contributed by atoms with E-state index in [0.29, 0.717) is 29.6 Å². The van der Waals surface area contributed by atoms with E-state index in [2.05, 4.69) is 9.97 Å². The molecule has 2 aromatic carbocycles. The topological polar surface area (TPSA) is 79.4 Å². The van der Waals surface area contributed by atoms with E-state index in [1.807, 2.05) is 90.5 Å². The van der Waals surface area contributed by atoms with Crippen LogP contribution in [0.5, 0.6) is 5.88 Å². The fourth-order valence-corrected chi connectivity index (χ4v) is 3.93. The van der Waals surface area contributed by atoms with Crippen LogP contribution >= 0.6 is 0 Å². The van der Waals surface area contributed by atoms with Crippen molar-refractivity contribution in [2.75, 3.05) is 7.11 Å². The highest BCUT2D eigenvalue weighted by molar-refractivity contribution is 5.97. The van der Waals surface area contributed by atoms with Gasteiger partial charge in [-0.25, -0.2) is 14.8 Å². The number of ether oxygens (including phenoxy) is 2. The van der Waals surface area contributed by atoms with Crippen LogP contribution in [0, 0.1) is 6.92 Å². The van der Waals surface area contributed by atoms with Gasteiger partial charge in [0, 0.05) is 42.3 Å². The van der Waals surface area contributed by atoms with Crippen LogP contribution in [0.3, 0.4) is 0 Å². The monoisotopic (exact) mass is 479 g/mol. The number of oxazole rings is 1. The second-order valence-electron chi connectivity index (χ2n) is 8.30. The normalized spacial score (nSPS) is 10.8.